The Morgan fingerprint density at radius 3 is 2.71 bits per heavy atom. The molecule has 7 heavy (non-hydrogen) atoms. The van der Waals surface area contributed by atoms with Gasteiger partial charge in [-0.05, 0) is 0 Å². The first-order chi connectivity index (χ1) is 3.30. The molecule has 1 rings (SSSR count). The number of anilines is 1. The third-order valence-electron chi connectivity index (χ3n) is 0.600. The van der Waals surface area contributed by atoms with Crippen molar-refractivity contribution < 1.29 is 0 Å². The number of nitrogens with two attached hydrogens (primary N) is 1. The van der Waals surface area contributed by atoms with Gasteiger partial charge in [-0.25, -0.2) is 0 Å². The molecule has 0 radical (unpaired) electrons. The predicted octanol–water partition coefficient (Wildman–Crippen LogP) is 0.0186. The van der Waals surface area contributed by atoms with Crippen LogP contribution in [0.5, 0.6) is 0 Å². The fourth-order valence-corrected chi connectivity index (χ4v) is 0.777. The van der Waals surface area contributed by atoms with Crippen LogP contribution in [-0.4, -0.2) is 4.37 Å². The molecule has 1 aromatic heterocycles. The van der Waals surface area contributed by atoms with Crippen molar-refractivity contribution in [2.45, 2.75) is 0 Å². The molecule has 0 aliphatic rings. The number of rotatable bonds is 0. The number of nitrogen functional groups attached to an aromatic ring is 1. The van der Waals surface area contributed by atoms with Crippen molar-refractivity contribution in [3.8, 4) is 0 Å². The Balaban J connectivity index is 3.39. The van der Waals surface area contributed by atoms with Gasteiger partial charge in [0.15, 0.2) is 0 Å². The van der Waals surface area contributed by atoms with E-state index in [4.69, 9.17) is 5.73 Å². The van der Waals surface area contributed by atoms with Gasteiger partial charge in [0.1, 0.15) is 5.69 Å². The summed E-state index contributed by atoms with van der Waals surface area (Å²) in [5, 5.41) is 1.57. The SMILES string of the molecule is Nc1cs[nH]c1=O. The van der Waals surface area contributed by atoms with Gasteiger partial charge in [0.2, 0.25) is 0 Å². The fraction of sp³-hybridized carbons (Fsp3) is 0. The maximum Gasteiger partial charge on any atom is 0.281 e. The van der Waals surface area contributed by atoms with Gasteiger partial charge in [0.05, 0.1) is 0 Å². The summed E-state index contributed by atoms with van der Waals surface area (Å²) in [5.41, 5.74) is 5.21. The molecule has 0 spiro atoms. The maximum absolute atomic E-state index is 10.2. The van der Waals surface area contributed by atoms with Crippen LogP contribution in [0, 0.1) is 0 Å². The van der Waals surface area contributed by atoms with Crippen LogP contribution in [0.25, 0.3) is 0 Å². The summed E-state index contributed by atoms with van der Waals surface area (Å²) in [7, 11) is 0. The monoisotopic (exact) mass is 116 g/mol. The molecule has 4 heteroatoms. The third-order valence-corrected chi connectivity index (χ3v) is 1.27. The first-order valence-electron chi connectivity index (χ1n) is 1.72. The molecule has 3 N–H and O–H groups in total. The van der Waals surface area contributed by atoms with E-state index in [0.717, 1.165) is 0 Å². The van der Waals surface area contributed by atoms with Crippen LogP contribution in [-0.2, 0) is 0 Å². The summed E-state index contributed by atoms with van der Waals surface area (Å²) >= 11 is 1.20. The summed E-state index contributed by atoms with van der Waals surface area (Å²) in [6, 6.07) is 0. The first kappa shape index (κ1) is 4.39. The Kier molecular flexibility index (Phi) is 0.867. The zero-order valence-electron chi connectivity index (χ0n) is 3.47. The zero-order valence-corrected chi connectivity index (χ0v) is 4.29. The second-order valence-corrected chi connectivity index (χ2v) is 1.80. The smallest absolute Gasteiger partial charge is 0.281 e. The molecule has 0 unspecified atom stereocenters. The quantitative estimate of drug-likeness (QED) is 0.502. The minimum Gasteiger partial charge on any atom is -0.394 e. The molecule has 0 saturated carbocycles. The number of H-pyrrole nitrogens is 1. The van der Waals surface area contributed by atoms with E-state index in [-0.39, 0.29) is 5.56 Å². The Hall–Kier alpha value is -0.770. The summed E-state index contributed by atoms with van der Waals surface area (Å²) in [4.78, 5) is 10.2. The molecule has 1 heterocycles. The van der Waals surface area contributed by atoms with Gasteiger partial charge in [-0.15, -0.1) is 0 Å². The second kappa shape index (κ2) is 1.38. The van der Waals surface area contributed by atoms with Crippen LogP contribution in [0.15, 0.2) is 10.2 Å². The molecule has 3 nitrogen and oxygen atoms in total. The van der Waals surface area contributed by atoms with Crippen molar-refractivity contribution in [1.29, 1.82) is 0 Å². The van der Waals surface area contributed by atoms with Crippen molar-refractivity contribution in [3.63, 3.8) is 0 Å². The van der Waals surface area contributed by atoms with E-state index >= 15 is 0 Å². The molecule has 0 aliphatic carbocycles. The van der Waals surface area contributed by atoms with Crippen molar-refractivity contribution in [1.82, 2.24) is 4.37 Å². The lowest BCUT2D eigenvalue weighted by atomic mass is 10.6. The van der Waals surface area contributed by atoms with Gasteiger partial charge >= 0.3 is 0 Å². The van der Waals surface area contributed by atoms with E-state index in [2.05, 4.69) is 4.37 Å². The van der Waals surface area contributed by atoms with Crippen LogP contribution < -0.4 is 11.3 Å². The summed E-state index contributed by atoms with van der Waals surface area (Å²) in [6.07, 6.45) is 0. The molecule has 0 fully saturated rings. The largest absolute Gasteiger partial charge is 0.394 e. The summed E-state index contributed by atoms with van der Waals surface area (Å²) in [6.45, 7) is 0. The molecular formula is C3H4N2OS. The Labute approximate surface area is 43.9 Å². The number of hydrogen-bond donors (Lipinski definition) is 2. The highest BCUT2D eigenvalue weighted by Crippen LogP contribution is 1.92. The molecule has 0 bridgehead atoms. The molecule has 1 aromatic rings. The minimum atomic E-state index is -0.190. The Morgan fingerprint density at radius 2 is 2.57 bits per heavy atom. The van der Waals surface area contributed by atoms with E-state index in [1.807, 2.05) is 0 Å². The van der Waals surface area contributed by atoms with E-state index in [1.54, 1.807) is 5.38 Å². The number of hydrogen-bond acceptors (Lipinski definition) is 3. The Bertz CT molecular complexity index is 201. The lowest BCUT2D eigenvalue weighted by Crippen LogP contribution is -2.02. The van der Waals surface area contributed by atoms with Crippen LogP contribution in [0.3, 0.4) is 0 Å². The van der Waals surface area contributed by atoms with Crippen LogP contribution >= 0.6 is 11.5 Å². The van der Waals surface area contributed by atoms with Crippen molar-refractivity contribution in [2.24, 2.45) is 0 Å². The fourth-order valence-electron chi connectivity index (χ4n) is 0.259. The van der Waals surface area contributed by atoms with E-state index in [9.17, 15) is 4.79 Å². The maximum atomic E-state index is 10.2. The van der Waals surface area contributed by atoms with Gasteiger partial charge in [-0.1, -0.05) is 11.5 Å². The standard InChI is InChI=1S/C3H4N2OS/c4-2-1-7-5-3(2)6/h1H,4H2,(H,5,6). The highest BCUT2D eigenvalue weighted by Gasteiger charge is 1.87. The number of aromatic nitrogens is 1. The average molecular weight is 116 g/mol. The lowest BCUT2D eigenvalue weighted by molar-refractivity contribution is 1.43. The summed E-state index contributed by atoms with van der Waals surface area (Å²) < 4.78 is 2.43. The third kappa shape index (κ3) is 0.640. The lowest BCUT2D eigenvalue weighted by Gasteiger charge is -1.67. The number of aromatic amines is 1. The molecular weight excluding hydrogens is 112 g/mol. The van der Waals surface area contributed by atoms with Gasteiger partial charge in [-0.2, -0.15) is 0 Å². The minimum absolute atomic E-state index is 0.190. The Morgan fingerprint density at radius 1 is 1.86 bits per heavy atom. The van der Waals surface area contributed by atoms with Gasteiger partial charge in [0.25, 0.3) is 5.56 Å². The highest BCUT2D eigenvalue weighted by atomic mass is 32.1. The van der Waals surface area contributed by atoms with Crippen molar-refractivity contribution in [2.75, 3.05) is 5.73 Å². The van der Waals surface area contributed by atoms with Crippen LogP contribution in [0.4, 0.5) is 5.69 Å². The zero-order chi connectivity index (χ0) is 5.28. The molecule has 0 saturated heterocycles. The molecule has 0 aliphatic heterocycles. The van der Waals surface area contributed by atoms with Crippen molar-refractivity contribution in [3.05, 3.63) is 15.7 Å². The molecule has 0 amide bonds. The first-order valence-corrected chi connectivity index (χ1v) is 2.60. The molecule has 0 atom stereocenters. The average Bonchev–Trinajstić information content (AvgIpc) is 1.91. The van der Waals surface area contributed by atoms with E-state index in [0.29, 0.717) is 5.69 Å². The van der Waals surface area contributed by atoms with Gasteiger partial charge in [-0.3, -0.25) is 9.17 Å². The summed E-state index contributed by atoms with van der Waals surface area (Å²) in [5.74, 6) is 0. The molecule has 38 valence electrons. The van der Waals surface area contributed by atoms with Gasteiger partial charge < -0.3 is 5.73 Å². The second-order valence-electron chi connectivity index (χ2n) is 1.12. The highest BCUT2D eigenvalue weighted by molar-refractivity contribution is 7.03. The topological polar surface area (TPSA) is 58.9 Å². The normalized spacial score (nSPS) is 9.14. The number of nitrogens with one attached hydrogen (secondary N) is 1. The van der Waals surface area contributed by atoms with Gasteiger partial charge in [0, 0.05) is 5.38 Å². The van der Waals surface area contributed by atoms with Crippen LogP contribution in [0.2, 0.25) is 0 Å². The van der Waals surface area contributed by atoms with Crippen molar-refractivity contribution >= 4 is 17.2 Å². The van der Waals surface area contributed by atoms with E-state index in [1.165, 1.54) is 11.5 Å². The van der Waals surface area contributed by atoms with Crippen LogP contribution in [0.1, 0.15) is 0 Å². The van der Waals surface area contributed by atoms with E-state index < -0.39 is 0 Å². The predicted molar refractivity (Wildman–Crippen MR) is 29.4 cm³/mol. The molecule has 0 aromatic carbocycles.